The summed E-state index contributed by atoms with van der Waals surface area (Å²) in [6, 6.07) is 10.5. The minimum atomic E-state index is 0.544. The molecule has 70 valence electrons. The monoisotopic (exact) mass is 175 g/mol. The standard InChI is InChI=1S/C12H17N/c1-3-13-10-11(2)9-12-7-5-4-6-8-12/h4-8,10-11H,3,9H2,1-2H3/t11-/m0/s1. The molecular formula is C12H17N. The maximum absolute atomic E-state index is 4.24. The van der Waals surface area contributed by atoms with Crippen LogP contribution in [0.5, 0.6) is 0 Å². The first-order valence-corrected chi connectivity index (χ1v) is 4.86. The fourth-order valence-electron chi connectivity index (χ4n) is 1.32. The molecular weight excluding hydrogens is 158 g/mol. The maximum atomic E-state index is 4.24. The molecule has 0 unspecified atom stereocenters. The molecule has 1 heteroatoms. The molecule has 0 aliphatic rings. The van der Waals surface area contributed by atoms with Crippen LogP contribution >= 0.6 is 0 Å². The van der Waals surface area contributed by atoms with Gasteiger partial charge in [0.15, 0.2) is 0 Å². The van der Waals surface area contributed by atoms with Crippen molar-refractivity contribution in [3.05, 3.63) is 35.9 Å². The van der Waals surface area contributed by atoms with E-state index in [0.29, 0.717) is 5.92 Å². The van der Waals surface area contributed by atoms with E-state index in [0.717, 1.165) is 13.0 Å². The average molecular weight is 175 g/mol. The lowest BCUT2D eigenvalue weighted by Crippen LogP contribution is -2.00. The number of rotatable bonds is 4. The topological polar surface area (TPSA) is 12.4 Å². The van der Waals surface area contributed by atoms with E-state index in [4.69, 9.17) is 0 Å². The van der Waals surface area contributed by atoms with Crippen molar-refractivity contribution in [1.82, 2.24) is 0 Å². The molecule has 1 nitrogen and oxygen atoms in total. The van der Waals surface area contributed by atoms with Crippen LogP contribution in [0.15, 0.2) is 35.3 Å². The van der Waals surface area contributed by atoms with Crippen molar-refractivity contribution in [3.63, 3.8) is 0 Å². The van der Waals surface area contributed by atoms with E-state index in [1.807, 2.05) is 12.3 Å². The molecule has 0 radical (unpaired) electrons. The molecule has 0 amide bonds. The third-order valence-corrected chi connectivity index (χ3v) is 1.94. The quantitative estimate of drug-likeness (QED) is 0.624. The highest BCUT2D eigenvalue weighted by atomic mass is 14.7. The molecule has 0 aromatic heterocycles. The van der Waals surface area contributed by atoms with Gasteiger partial charge in [-0.15, -0.1) is 0 Å². The number of hydrogen-bond acceptors (Lipinski definition) is 1. The summed E-state index contributed by atoms with van der Waals surface area (Å²) >= 11 is 0. The molecule has 0 aliphatic heterocycles. The van der Waals surface area contributed by atoms with E-state index >= 15 is 0 Å². The fourth-order valence-corrected chi connectivity index (χ4v) is 1.32. The van der Waals surface area contributed by atoms with E-state index < -0.39 is 0 Å². The molecule has 0 bridgehead atoms. The first kappa shape index (κ1) is 9.97. The molecule has 1 atom stereocenters. The summed E-state index contributed by atoms with van der Waals surface area (Å²) in [4.78, 5) is 4.24. The van der Waals surface area contributed by atoms with Gasteiger partial charge in [-0.1, -0.05) is 37.3 Å². The van der Waals surface area contributed by atoms with Crippen LogP contribution in [0.2, 0.25) is 0 Å². The molecule has 0 N–H and O–H groups in total. The molecule has 0 aliphatic carbocycles. The van der Waals surface area contributed by atoms with Crippen LogP contribution in [0.3, 0.4) is 0 Å². The van der Waals surface area contributed by atoms with Crippen LogP contribution in [0, 0.1) is 5.92 Å². The molecule has 0 fully saturated rings. The number of benzene rings is 1. The lowest BCUT2D eigenvalue weighted by Gasteiger charge is -2.04. The molecule has 0 heterocycles. The van der Waals surface area contributed by atoms with Gasteiger partial charge in [-0.2, -0.15) is 0 Å². The van der Waals surface area contributed by atoms with Crippen LogP contribution in [0.4, 0.5) is 0 Å². The van der Waals surface area contributed by atoms with Gasteiger partial charge in [0.05, 0.1) is 0 Å². The van der Waals surface area contributed by atoms with Crippen molar-refractivity contribution in [3.8, 4) is 0 Å². The van der Waals surface area contributed by atoms with Gasteiger partial charge in [0.25, 0.3) is 0 Å². The number of nitrogens with zero attached hydrogens (tertiary/aromatic N) is 1. The van der Waals surface area contributed by atoms with Gasteiger partial charge >= 0.3 is 0 Å². The first-order chi connectivity index (χ1) is 6.33. The average Bonchev–Trinajstić information content (AvgIpc) is 2.16. The van der Waals surface area contributed by atoms with Crippen molar-refractivity contribution in [2.75, 3.05) is 6.54 Å². The molecule has 1 rings (SSSR count). The molecule has 0 saturated carbocycles. The largest absolute Gasteiger partial charge is 0.298 e. The lowest BCUT2D eigenvalue weighted by atomic mass is 10.0. The normalized spacial score (nSPS) is 13.4. The summed E-state index contributed by atoms with van der Waals surface area (Å²) in [6.45, 7) is 5.15. The zero-order valence-corrected chi connectivity index (χ0v) is 8.40. The summed E-state index contributed by atoms with van der Waals surface area (Å²) < 4.78 is 0. The van der Waals surface area contributed by atoms with Crippen molar-refractivity contribution in [2.24, 2.45) is 10.9 Å². The third-order valence-electron chi connectivity index (χ3n) is 1.94. The SMILES string of the molecule is CCN=C[C@@H](C)Cc1ccccc1. The summed E-state index contributed by atoms with van der Waals surface area (Å²) in [6.07, 6.45) is 3.14. The number of aliphatic imine (C=N–C) groups is 1. The Morgan fingerprint density at radius 2 is 2.00 bits per heavy atom. The predicted octanol–water partition coefficient (Wildman–Crippen LogP) is 2.96. The minimum Gasteiger partial charge on any atom is -0.298 e. The zero-order valence-electron chi connectivity index (χ0n) is 8.40. The van der Waals surface area contributed by atoms with E-state index in [9.17, 15) is 0 Å². The predicted molar refractivity (Wildman–Crippen MR) is 58.3 cm³/mol. The Labute approximate surface area is 80.5 Å². The highest BCUT2D eigenvalue weighted by Crippen LogP contribution is 2.05. The van der Waals surface area contributed by atoms with Crippen molar-refractivity contribution in [1.29, 1.82) is 0 Å². The number of hydrogen-bond donors (Lipinski definition) is 0. The minimum absolute atomic E-state index is 0.544. The second-order valence-corrected chi connectivity index (χ2v) is 3.31. The van der Waals surface area contributed by atoms with Crippen LogP contribution in [-0.2, 0) is 6.42 Å². The Balaban J connectivity index is 2.45. The Kier molecular flexibility index (Phi) is 4.24. The van der Waals surface area contributed by atoms with Gasteiger partial charge in [0, 0.05) is 12.8 Å². The molecule has 0 spiro atoms. The summed E-state index contributed by atoms with van der Waals surface area (Å²) in [5.41, 5.74) is 1.39. The maximum Gasteiger partial charge on any atom is 0.0357 e. The van der Waals surface area contributed by atoms with Gasteiger partial charge in [-0.05, 0) is 24.8 Å². The van der Waals surface area contributed by atoms with E-state index in [-0.39, 0.29) is 0 Å². The molecule has 1 aromatic carbocycles. The van der Waals surface area contributed by atoms with Crippen LogP contribution in [0.1, 0.15) is 19.4 Å². The molecule has 0 saturated heterocycles. The molecule has 1 aromatic rings. The second kappa shape index (κ2) is 5.52. The van der Waals surface area contributed by atoms with Gasteiger partial charge in [0.1, 0.15) is 0 Å². The van der Waals surface area contributed by atoms with Gasteiger partial charge in [-0.3, -0.25) is 4.99 Å². The smallest absolute Gasteiger partial charge is 0.0357 e. The second-order valence-electron chi connectivity index (χ2n) is 3.31. The van der Waals surface area contributed by atoms with Crippen LogP contribution < -0.4 is 0 Å². The van der Waals surface area contributed by atoms with Crippen molar-refractivity contribution < 1.29 is 0 Å². The van der Waals surface area contributed by atoms with E-state index in [2.05, 4.69) is 43.1 Å². The fraction of sp³-hybridized carbons (Fsp3) is 0.417. The summed E-state index contributed by atoms with van der Waals surface area (Å²) in [5, 5.41) is 0. The lowest BCUT2D eigenvalue weighted by molar-refractivity contribution is 0.779. The van der Waals surface area contributed by atoms with Gasteiger partial charge in [-0.25, -0.2) is 0 Å². The van der Waals surface area contributed by atoms with E-state index in [1.54, 1.807) is 0 Å². The van der Waals surface area contributed by atoms with Crippen molar-refractivity contribution >= 4 is 6.21 Å². The van der Waals surface area contributed by atoms with Crippen molar-refractivity contribution in [2.45, 2.75) is 20.3 Å². The van der Waals surface area contributed by atoms with Crippen LogP contribution in [-0.4, -0.2) is 12.8 Å². The van der Waals surface area contributed by atoms with E-state index in [1.165, 1.54) is 5.56 Å². The molecule has 13 heavy (non-hydrogen) atoms. The summed E-state index contributed by atoms with van der Waals surface area (Å²) in [5.74, 6) is 0.544. The zero-order chi connectivity index (χ0) is 9.52. The van der Waals surface area contributed by atoms with Crippen LogP contribution in [0.25, 0.3) is 0 Å². The first-order valence-electron chi connectivity index (χ1n) is 4.86. The highest BCUT2D eigenvalue weighted by Gasteiger charge is 1.98. The van der Waals surface area contributed by atoms with Gasteiger partial charge in [0.2, 0.25) is 0 Å². The Bertz CT molecular complexity index is 251. The Hall–Kier alpha value is -1.11. The van der Waals surface area contributed by atoms with Gasteiger partial charge < -0.3 is 0 Å². The Morgan fingerprint density at radius 1 is 1.31 bits per heavy atom. The third kappa shape index (κ3) is 3.88. The summed E-state index contributed by atoms with van der Waals surface area (Å²) in [7, 11) is 0. The highest BCUT2D eigenvalue weighted by molar-refractivity contribution is 5.60. The Morgan fingerprint density at radius 3 is 2.62 bits per heavy atom.